The van der Waals surface area contributed by atoms with Crippen molar-refractivity contribution in [3.63, 3.8) is 0 Å². The number of fused-ring (bicyclic) bond motifs is 1. The highest BCUT2D eigenvalue weighted by Crippen LogP contribution is 2.17. The molecule has 2 heterocycles. The van der Waals surface area contributed by atoms with E-state index in [-0.39, 0.29) is 5.56 Å². The summed E-state index contributed by atoms with van der Waals surface area (Å²) < 4.78 is 12.6. The van der Waals surface area contributed by atoms with Crippen LogP contribution in [0.15, 0.2) is 53.7 Å². The minimum Gasteiger partial charge on any atom is -0.494 e. The zero-order chi connectivity index (χ0) is 16.1. The lowest BCUT2D eigenvalue weighted by atomic mass is 10.3. The van der Waals surface area contributed by atoms with Gasteiger partial charge in [-0.15, -0.1) is 0 Å². The van der Waals surface area contributed by atoms with E-state index < -0.39 is 0 Å². The van der Waals surface area contributed by atoms with Crippen LogP contribution in [0.2, 0.25) is 0 Å². The summed E-state index contributed by atoms with van der Waals surface area (Å²) in [6.45, 7) is 3.37. The number of pyridine rings is 1. The predicted molar refractivity (Wildman–Crippen MR) is 86.9 cm³/mol. The van der Waals surface area contributed by atoms with Crippen molar-refractivity contribution < 1.29 is 9.47 Å². The standard InChI is InChI=1S/C17H17N3O3/c1-2-22-13-5-7-14(8-6-13)23-11-10-20-12-19-16-15(17(20)21)4-3-9-18-16/h3-9,12H,2,10-11H2,1H3. The molecule has 0 saturated carbocycles. The number of rotatable bonds is 6. The summed E-state index contributed by atoms with van der Waals surface area (Å²) in [5.41, 5.74) is 0.347. The number of benzene rings is 1. The maximum atomic E-state index is 12.3. The van der Waals surface area contributed by atoms with Crippen LogP contribution in [0.1, 0.15) is 6.92 Å². The van der Waals surface area contributed by atoms with E-state index in [4.69, 9.17) is 9.47 Å². The van der Waals surface area contributed by atoms with E-state index in [1.54, 1.807) is 18.3 Å². The molecule has 0 aliphatic rings. The van der Waals surface area contributed by atoms with E-state index in [1.165, 1.54) is 10.9 Å². The van der Waals surface area contributed by atoms with Crippen molar-refractivity contribution in [2.24, 2.45) is 0 Å². The van der Waals surface area contributed by atoms with Crippen LogP contribution in [0.25, 0.3) is 11.0 Å². The Morgan fingerprint density at radius 1 is 1.04 bits per heavy atom. The second kappa shape index (κ2) is 6.91. The quantitative estimate of drug-likeness (QED) is 0.698. The van der Waals surface area contributed by atoms with Crippen LogP contribution in [0.4, 0.5) is 0 Å². The van der Waals surface area contributed by atoms with Gasteiger partial charge in [0.2, 0.25) is 0 Å². The molecular formula is C17H17N3O3. The first-order chi connectivity index (χ1) is 11.3. The average molecular weight is 311 g/mol. The van der Waals surface area contributed by atoms with Crippen LogP contribution in [0.5, 0.6) is 11.5 Å². The fourth-order valence-electron chi connectivity index (χ4n) is 2.22. The summed E-state index contributed by atoms with van der Waals surface area (Å²) in [6, 6.07) is 10.9. The van der Waals surface area contributed by atoms with Gasteiger partial charge in [-0.25, -0.2) is 9.97 Å². The third-order valence-electron chi connectivity index (χ3n) is 3.33. The molecular weight excluding hydrogens is 294 g/mol. The van der Waals surface area contributed by atoms with Gasteiger partial charge in [0.25, 0.3) is 5.56 Å². The summed E-state index contributed by atoms with van der Waals surface area (Å²) in [4.78, 5) is 20.5. The molecule has 0 aliphatic heterocycles. The van der Waals surface area contributed by atoms with Gasteiger partial charge in [0.05, 0.1) is 18.5 Å². The van der Waals surface area contributed by atoms with Gasteiger partial charge in [-0.1, -0.05) is 0 Å². The Morgan fingerprint density at radius 3 is 2.52 bits per heavy atom. The van der Waals surface area contributed by atoms with Crippen molar-refractivity contribution in [1.29, 1.82) is 0 Å². The summed E-state index contributed by atoms with van der Waals surface area (Å²) >= 11 is 0. The lowest BCUT2D eigenvalue weighted by molar-refractivity contribution is 0.294. The van der Waals surface area contributed by atoms with Gasteiger partial charge in [-0.2, -0.15) is 0 Å². The molecule has 0 saturated heterocycles. The van der Waals surface area contributed by atoms with Crippen LogP contribution in [0, 0.1) is 0 Å². The van der Waals surface area contributed by atoms with Crippen molar-refractivity contribution >= 4 is 11.0 Å². The molecule has 3 aromatic rings. The van der Waals surface area contributed by atoms with Crippen LogP contribution in [-0.2, 0) is 6.54 Å². The smallest absolute Gasteiger partial charge is 0.262 e. The maximum Gasteiger partial charge on any atom is 0.262 e. The minimum atomic E-state index is -0.113. The average Bonchev–Trinajstić information content (AvgIpc) is 2.59. The molecule has 0 fully saturated rings. The van der Waals surface area contributed by atoms with E-state index in [2.05, 4.69) is 9.97 Å². The van der Waals surface area contributed by atoms with Gasteiger partial charge in [0, 0.05) is 6.20 Å². The van der Waals surface area contributed by atoms with Gasteiger partial charge < -0.3 is 9.47 Å². The highest BCUT2D eigenvalue weighted by Gasteiger charge is 2.04. The first-order valence-electron chi connectivity index (χ1n) is 7.44. The Hall–Kier alpha value is -2.89. The van der Waals surface area contributed by atoms with Gasteiger partial charge in [0.15, 0.2) is 5.65 Å². The third-order valence-corrected chi connectivity index (χ3v) is 3.33. The monoisotopic (exact) mass is 311 g/mol. The lowest BCUT2D eigenvalue weighted by Crippen LogP contribution is -2.23. The van der Waals surface area contributed by atoms with Crippen LogP contribution in [0.3, 0.4) is 0 Å². The van der Waals surface area contributed by atoms with Crippen molar-refractivity contribution in [2.75, 3.05) is 13.2 Å². The summed E-state index contributed by atoms with van der Waals surface area (Å²) in [7, 11) is 0. The molecule has 118 valence electrons. The van der Waals surface area contributed by atoms with E-state index in [9.17, 15) is 4.79 Å². The summed E-state index contributed by atoms with van der Waals surface area (Å²) in [5, 5.41) is 0.510. The number of hydrogen-bond acceptors (Lipinski definition) is 5. The first-order valence-corrected chi connectivity index (χ1v) is 7.44. The molecule has 0 radical (unpaired) electrons. The second-order valence-electron chi connectivity index (χ2n) is 4.87. The Labute approximate surface area is 133 Å². The lowest BCUT2D eigenvalue weighted by Gasteiger charge is -2.09. The number of nitrogens with zero attached hydrogens (tertiary/aromatic N) is 3. The fourth-order valence-corrected chi connectivity index (χ4v) is 2.22. The van der Waals surface area contributed by atoms with Gasteiger partial charge in [0.1, 0.15) is 24.4 Å². The van der Waals surface area contributed by atoms with Crippen LogP contribution >= 0.6 is 0 Å². The van der Waals surface area contributed by atoms with E-state index in [0.717, 1.165) is 11.5 Å². The maximum absolute atomic E-state index is 12.3. The molecule has 0 bridgehead atoms. The molecule has 0 atom stereocenters. The van der Waals surface area contributed by atoms with Gasteiger partial charge >= 0.3 is 0 Å². The number of aromatic nitrogens is 3. The summed E-state index contributed by atoms with van der Waals surface area (Å²) in [6.07, 6.45) is 3.12. The Morgan fingerprint density at radius 2 is 1.78 bits per heavy atom. The molecule has 6 nitrogen and oxygen atoms in total. The van der Waals surface area contributed by atoms with E-state index in [1.807, 2.05) is 31.2 Å². The highest BCUT2D eigenvalue weighted by molar-refractivity contribution is 5.72. The van der Waals surface area contributed by atoms with Gasteiger partial charge in [-0.3, -0.25) is 9.36 Å². The van der Waals surface area contributed by atoms with E-state index in [0.29, 0.717) is 30.8 Å². The zero-order valence-electron chi connectivity index (χ0n) is 12.8. The molecule has 1 aromatic carbocycles. The fraction of sp³-hybridized carbons (Fsp3) is 0.235. The van der Waals surface area contributed by atoms with Crippen molar-refractivity contribution in [2.45, 2.75) is 13.5 Å². The van der Waals surface area contributed by atoms with E-state index >= 15 is 0 Å². The molecule has 0 spiro atoms. The topological polar surface area (TPSA) is 66.2 Å². The Bertz CT molecular complexity index is 844. The van der Waals surface area contributed by atoms with Crippen LogP contribution in [-0.4, -0.2) is 27.7 Å². The normalized spacial score (nSPS) is 10.7. The minimum absolute atomic E-state index is 0.113. The number of ether oxygens (including phenoxy) is 2. The SMILES string of the molecule is CCOc1ccc(OCCn2cnc3ncccc3c2=O)cc1. The Balaban J connectivity index is 1.64. The Kier molecular flexibility index (Phi) is 4.52. The third kappa shape index (κ3) is 3.48. The van der Waals surface area contributed by atoms with Crippen molar-refractivity contribution in [3.05, 3.63) is 59.3 Å². The highest BCUT2D eigenvalue weighted by atomic mass is 16.5. The molecule has 0 N–H and O–H groups in total. The predicted octanol–water partition coefficient (Wildman–Crippen LogP) is 2.27. The molecule has 3 rings (SSSR count). The molecule has 0 unspecified atom stereocenters. The largest absolute Gasteiger partial charge is 0.494 e. The molecule has 6 heteroatoms. The second-order valence-corrected chi connectivity index (χ2v) is 4.87. The molecule has 0 amide bonds. The zero-order valence-corrected chi connectivity index (χ0v) is 12.8. The van der Waals surface area contributed by atoms with Crippen LogP contribution < -0.4 is 15.0 Å². The van der Waals surface area contributed by atoms with Gasteiger partial charge in [-0.05, 0) is 43.3 Å². The van der Waals surface area contributed by atoms with Crippen molar-refractivity contribution in [1.82, 2.24) is 14.5 Å². The molecule has 0 aliphatic carbocycles. The summed E-state index contributed by atoms with van der Waals surface area (Å²) in [5.74, 6) is 1.54. The molecule has 23 heavy (non-hydrogen) atoms. The molecule has 2 aromatic heterocycles. The number of hydrogen-bond donors (Lipinski definition) is 0. The first kappa shape index (κ1) is 15.0. The van der Waals surface area contributed by atoms with Crippen molar-refractivity contribution in [3.8, 4) is 11.5 Å².